The van der Waals surface area contributed by atoms with Crippen molar-refractivity contribution in [1.82, 2.24) is 24.9 Å². The number of anilines is 2. The standard InChI is InChI=1S/C24H23N7O2/c1-15-7-8-16(17-9-12-28-22(29-17)24(2,3)33)14-19(15)31(23(25)32)20-10-13-27-21(30-20)18-6-4-5-11-26-18/h4-14,33H,1-3H3,(H2,25,32). The zero-order valence-electron chi connectivity index (χ0n) is 18.5. The van der Waals surface area contributed by atoms with E-state index in [1.54, 1.807) is 62.8 Å². The van der Waals surface area contributed by atoms with Crippen molar-refractivity contribution in [2.24, 2.45) is 5.73 Å². The van der Waals surface area contributed by atoms with Crippen molar-refractivity contribution in [3.63, 3.8) is 0 Å². The molecule has 9 nitrogen and oxygen atoms in total. The maximum Gasteiger partial charge on any atom is 0.325 e. The fraction of sp³-hybridized carbons (Fsp3) is 0.167. The molecule has 3 heterocycles. The first-order valence-electron chi connectivity index (χ1n) is 10.2. The van der Waals surface area contributed by atoms with E-state index in [1.807, 2.05) is 25.1 Å². The highest BCUT2D eigenvalue weighted by Gasteiger charge is 2.22. The van der Waals surface area contributed by atoms with Gasteiger partial charge in [-0.25, -0.2) is 29.6 Å². The second-order valence-electron chi connectivity index (χ2n) is 7.95. The molecule has 9 heteroatoms. The van der Waals surface area contributed by atoms with Gasteiger partial charge in [0.1, 0.15) is 17.1 Å². The summed E-state index contributed by atoms with van der Waals surface area (Å²) in [5.41, 5.74) is 7.86. The first-order chi connectivity index (χ1) is 15.7. The van der Waals surface area contributed by atoms with E-state index < -0.39 is 11.6 Å². The molecule has 166 valence electrons. The van der Waals surface area contributed by atoms with Crippen LogP contribution in [0.15, 0.2) is 67.1 Å². The topological polar surface area (TPSA) is 131 Å². The van der Waals surface area contributed by atoms with E-state index in [1.165, 1.54) is 4.90 Å². The van der Waals surface area contributed by atoms with Crippen molar-refractivity contribution in [3.05, 3.63) is 78.5 Å². The number of pyridine rings is 1. The summed E-state index contributed by atoms with van der Waals surface area (Å²) in [5, 5.41) is 10.3. The number of hydrogen-bond acceptors (Lipinski definition) is 7. The van der Waals surface area contributed by atoms with Gasteiger partial charge in [0.15, 0.2) is 11.6 Å². The molecule has 0 aliphatic rings. The minimum atomic E-state index is -1.19. The Kier molecular flexibility index (Phi) is 5.80. The molecule has 2 amide bonds. The van der Waals surface area contributed by atoms with Gasteiger partial charge in [-0.1, -0.05) is 18.2 Å². The number of aromatic nitrogens is 5. The van der Waals surface area contributed by atoms with Gasteiger partial charge >= 0.3 is 6.03 Å². The van der Waals surface area contributed by atoms with E-state index in [2.05, 4.69) is 24.9 Å². The number of amides is 2. The summed E-state index contributed by atoms with van der Waals surface area (Å²) in [6.45, 7) is 5.11. The fourth-order valence-corrected chi connectivity index (χ4v) is 3.27. The summed E-state index contributed by atoms with van der Waals surface area (Å²) in [5.74, 6) is 0.988. The predicted molar refractivity (Wildman–Crippen MR) is 124 cm³/mol. The van der Waals surface area contributed by atoms with Crippen LogP contribution < -0.4 is 10.6 Å². The van der Waals surface area contributed by atoms with Crippen LogP contribution >= 0.6 is 0 Å². The normalized spacial score (nSPS) is 11.3. The van der Waals surface area contributed by atoms with Gasteiger partial charge in [0.2, 0.25) is 0 Å². The minimum absolute atomic E-state index is 0.296. The van der Waals surface area contributed by atoms with Gasteiger partial charge in [-0.2, -0.15) is 0 Å². The first-order valence-corrected chi connectivity index (χ1v) is 10.2. The molecule has 0 aliphatic heterocycles. The van der Waals surface area contributed by atoms with Gasteiger partial charge in [0.05, 0.1) is 11.4 Å². The van der Waals surface area contributed by atoms with Gasteiger partial charge in [-0.15, -0.1) is 0 Å². The third-order valence-corrected chi connectivity index (χ3v) is 4.93. The lowest BCUT2D eigenvalue weighted by molar-refractivity contribution is 0.0688. The molecule has 0 fully saturated rings. The lowest BCUT2D eigenvalue weighted by Crippen LogP contribution is -2.32. The van der Waals surface area contributed by atoms with Gasteiger partial charge in [0, 0.05) is 24.2 Å². The predicted octanol–water partition coefficient (Wildman–Crippen LogP) is 3.75. The number of aliphatic hydroxyl groups is 1. The summed E-state index contributed by atoms with van der Waals surface area (Å²) in [4.78, 5) is 35.6. The van der Waals surface area contributed by atoms with Crippen molar-refractivity contribution >= 4 is 17.5 Å². The molecule has 0 unspecified atom stereocenters. The Morgan fingerprint density at radius 1 is 0.939 bits per heavy atom. The average molecular weight is 441 g/mol. The maximum absolute atomic E-state index is 12.5. The Morgan fingerprint density at radius 3 is 2.42 bits per heavy atom. The van der Waals surface area contributed by atoms with Crippen LogP contribution in [0.25, 0.3) is 22.8 Å². The van der Waals surface area contributed by atoms with Crippen LogP contribution in [-0.4, -0.2) is 36.1 Å². The molecule has 3 N–H and O–H groups in total. The number of aryl methyl sites for hydroxylation is 1. The van der Waals surface area contributed by atoms with Crippen molar-refractivity contribution in [2.75, 3.05) is 4.90 Å². The Labute approximate surface area is 191 Å². The molecule has 1 aromatic carbocycles. The number of nitrogens with two attached hydrogens (primary N) is 1. The van der Waals surface area contributed by atoms with Gasteiger partial charge in [-0.3, -0.25) is 4.98 Å². The first kappa shape index (κ1) is 22.0. The maximum atomic E-state index is 12.5. The number of carbonyl (C=O) groups is 1. The van der Waals surface area contributed by atoms with Crippen molar-refractivity contribution in [1.29, 1.82) is 0 Å². The van der Waals surface area contributed by atoms with E-state index in [0.717, 1.165) is 11.1 Å². The zero-order chi connectivity index (χ0) is 23.6. The number of hydrogen-bond donors (Lipinski definition) is 2. The highest BCUT2D eigenvalue weighted by molar-refractivity contribution is 5.99. The van der Waals surface area contributed by atoms with E-state index in [4.69, 9.17) is 5.73 Å². The number of primary amides is 1. The molecule has 0 radical (unpaired) electrons. The summed E-state index contributed by atoms with van der Waals surface area (Å²) >= 11 is 0. The van der Waals surface area contributed by atoms with E-state index in [0.29, 0.717) is 34.5 Å². The molecule has 0 spiro atoms. The van der Waals surface area contributed by atoms with Crippen molar-refractivity contribution in [2.45, 2.75) is 26.4 Å². The zero-order valence-corrected chi connectivity index (χ0v) is 18.5. The third-order valence-electron chi connectivity index (χ3n) is 4.93. The second-order valence-corrected chi connectivity index (χ2v) is 7.95. The number of rotatable bonds is 5. The molecule has 33 heavy (non-hydrogen) atoms. The Balaban J connectivity index is 1.80. The number of nitrogens with zero attached hydrogens (tertiary/aromatic N) is 6. The molecule has 0 saturated heterocycles. The van der Waals surface area contributed by atoms with E-state index in [9.17, 15) is 9.90 Å². The average Bonchev–Trinajstić information content (AvgIpc) is 2.80. The summed E-state index contributed by atoms with van der Waals surface area (Å²) in [6, 6.07) is 13.6. The SMILES string of the molecule is Cc1ccc(-c2ccnc(C(C)(C)O)n2)cc1N(C(N)=O)c1ccnc(-c2ccccn2)n1. The molecule has 3 aromatic heterocycles. The molecular weight excluding hydrogens is 418 g/mol. The molecule has 0 aliphatic carbocycles. The van der Waals surface area contributed by atoms with Crippen LogP contribution in [0.5, 0.6) is 0 Å². The monoisotopic (exact) mass is 441 g/mol. The Bertz CT molecular complexity index is 1300. The largest absolute Gasteiger partial charge is 0.382 e. The summed E-state index contributed by atoms with van der Waals surface area (Å²) < 4.78 is 0. The summed E-state index contributed by atoms with van der Waals surface area (Å²) in [7, 11) is 0. The second kappa shape index (κ2) is 8.71. The van der Waals surface area contributed by atoms with Crippen molar-refractivity contribution in [3.8, 4) is 22.8 Å². The molecule has 4 aromatic rings. The van der Waals surface area contributed by atoms with E-state index >= 15 is 0 Å². The van der Waals surface area contributed by atoms with Crippen molar-refractivity contribution < 1.29 is 9.90 Å². The molecule has 0 atom stereocenters. The lowest BCUT2D eigenvalue weighted by atomic mass is 10.0. The Hall–Kier alpha value is -4.24. The number of benzene rings is 1. The molecule has 0 saturated carbocycles. The highest BCUT2D eigenvalue weighted by atomic mass is 16.3. The smallest absolute Gasteiger partial charge is 0.325 e. The minimum Gasteiger partial charge on any atom is -0.382 e. The fourth-order valence-electron chi connectivity index (χ4n) is 3.27. The Morgan fingerprint density at radius 2 is 1.73 bits per heavy atom. The van der Waals surface area contributed by atoms with E-state index in [-0.39, 0.29) is 0 Å². The van der Waals surface area contributed by atoms with Gasteiger partial charge in [-0.05, 0) is 56.7 Å². The molecule has 4 rings (SSSR count). The van der Waals surface area contributed by atoms with Crippen LogP contribution in [0.1, 0.15) is 25.2 Å². The van der Waals surface area contributed by atoms with Crippen LogP contribution in [0, 0.1) is 6.92 Å². The molecular formula is C24H23N7O2. The van der Waals surface area contributed by atoms with Gasteiger partial charge in [0.25, 0.3) is 0 Å². The lowest BCUT2D eigenvalue weighted by Gasteiger charge is -2.22. The van der Waals surface area contributed by atoms with Crippen LogP contribution in [0.3, 0.4) is 0 Å². The number of urea groups is 1. The van der Waals surface area contributed by atoms with Crippen LogP contribution in [0.4, 0.5) is 16.3 Å². The number of carbonyl (C=O) groups excluding carboxylic acids is 1. The van der Waals surface area contributed by atoms with Gasteiger partial charge < -0.3 is 10.8 Å². The summed E-state index contributed by atoms with van der Waals surface area (Å²) in [6.07, 6.45) is 4.79. The quantitative estimate of drug-likeness (QED) is 0.482. The third kappa shape index (κ3) is 4.68. The highest BCUT2D eigenvalue weighted by Crippen LogP contribution is 2.32. The van der Waals surface area contributed by atoms with Crippen LogP contribution in [0.2, 0.25) is 0 Å². The molecule has 0 bridgehead atoms. The van der Waals surface area contributed by atoms with Crippen LogP contribution in [-0.2, 0) is 5.60 Å².